The van der Waals surface area contributed by atoms with E-state index in [0.717, 1.165) is 37.1 Å². The van der Waals surface area contributed by atoms with Crippen molar-refractivity contribution in [3.05, 3.63) is 30.5 Å². The number of pyridine rings is 1. The summed E-state index contributed by atoms with van der Waals surface area (Å²) in [7, 11) is 3.74. The van der Waals surface area contributed by atoms with Crippen molar-refractivity contribution >= 4 is 16.6 Å². The molecule has 1 aromatic heterocycles. The van der Waals surface area contributed by atoms with Gasteiger partial charge in [-0.15, -0.1) is 0 Å². The molecule has 2 aromatic rings. The van der Waals surface area contributed by atoms with E-state index in [1.807, 2.05) is 19.3 Å². The van der Waals surface area contributed by atoms with E-state index in [4.69, 9.17) is 4.74 Å². The Kier molecular flexibility index (Phi) is 4.25. The predicted octanol–water partition coefficient (Wildman–Crippen LogP) is 2.68. The highest BCUT2D eigenvalue weighted by Crippen LogP contribution is 2.30. The molecule has 1 fully saturated rings. The molecular formula is C17H23N3O. The Morgan fingerprint density at radius 3 is 2.81 bits per heavy atom. The first-order valence-electron chi connectivity index (χ1n) is 7.64. The van der Waals surface area contributed by atoms with Crippen molar-refractivity contribution in [3.63, 3.8) is 0 Å². The molecule has 112 valence electrons. The Morgan fingerprint density at radius 2 is 2.10 bits per heavy atom. The summed E-state index contributed by atoms with van der Waals surface area (Å²) in [6, 6.07) is 8.26. The van der Waals surface area contributed by atoms with Crippen molar-refractivity contribution in [2.45, 2.75) is 12.8 Å². The van der Waals surface area contributed by atoms with Gasteiger partial charge in [-0.2, -0.15) is 0 Å². The SMILES string of the molecule is CNCC1CCN(c2nccc3cc(OC)ccc23)CC1. The third-order valence-corrected chi connectivity index (χ3v) is 4.36. The van der Waals surface area contributed by atoms with Crippen LogP contribution in [0.3, 0.4) is 0 Å². The van der Waals surface area contributed by atoms with E-state index in [-0.39, 0.29) is 0 Å². The van der Waals surface area contributed by atoms with E-state index in [9.17, 15) is 0 Å². The van der Waals surface area contributed by atoms with Crippen LogP contribution in [-0.2, 0) is 0 Å². The van der Waals surface area contributed by atoms with E-state index in [1.165, 1.54) is 23.6 Å². The average Bonchev–Trinajstić information content (AvgIpc) is 2.55. The lowest BCUT2D eigenvalue weighted by atomic mass is 9.96. The van der Waals surface area contributed by atoms with Crippen LogP contribution in [-0.4, -0.2) is 38.8 Å². The fourth-order valence-electron chi connectivity index (χ4n) is 3.16. The lowest BCUT2D eigenvalue weighted by Crippen LogP contribution is -2.37. The number of nitrogens with one attached hydrogen (secondary N) is 1. The number of hydrogen-bond donors (Lipinski definition) is 1. The molecule has 0 unspecified atom stereocenters. The minimum Gasteiger partial charge on any atom is -0.497 e. The number of rotatable bonds is 4. The maximum absolute atomic E-state index is 5.31. The molecule has 0 saturated carbocycles. The Bertz CT molecular complexity index is 606. The fourth-order valence-corrected chi connectivity index (χ4v) is 3.16. The Hall–Kier alpha value is -1.81. The van der Waals surface area contributed by atoms with Gasteiger partial charge in [0.25, 0.3) is 0 Å². The third kappa shape index (κ3) is 2.95. The summed E-state index contributed by atoms with van der Waals surface area (Å²) < 4.78 is 5.31. The molecule has 1 aliphatic rings. The van der Waals surface area contributed by atoms with E-state index in [2.05, 4.69) is 33.4 Å². The molecule has 0 amide bonds. The van der Waals surface area contributed by atoms with Crippen molar-refractivity contribution in [3.8, 4) is 5.75 Å². The van der Waals surface area contributed by atoms with Crippen LogP contribution in [0.25, 0.3) is 10.8 Å². The van der Waals surface area contributed by atoms with Gasteiger partial charge in [0.2, 0.25) is 0 Å². The minimum absolute atomic E-state index is 0.793. The van der Waals surface area contributed by atoms with Crippen molar-refractivity contribution in [2.75, 3.05) is 38.7 Å². The molecule has 1 aliphatic heterocycles. The first-order valence-corrected chi connectivity index (χ1v) is 7.64. The van der Waals surface area contributed by atoms with Crippen molar-refractivity contribution < 1.29 is 4.74 Å². The molecule has 4 nitrogen and oxygen atoms in total. The molecular weight excluding hydrogens is 262 g/mol. The molecule has 1 aromatic carbocycles. The van der Waals surface area contributed by atoms with Gasteiger partial charge < -0.3 is 15.0 Å². The Morgan fingerprint density at radius 1 is 1.29 bits per heavy atom. The van der Waals surface area contributed by atoms with Gasteiger partial charge in [0.1, 0.15) is 11.6 Å². The third-order valence-electron chi connectivity index (χ3n) is 4.36. The number of piperidine rings is 1. The number of hydrogen-bond acceptors (Lipinski definition) is 4. The summed E-state index contributed by atoms with van der Waals surface area (Å²) in [6.45, 7) is 3.29. The quantitative estimate of drug-likeness (QED) is 0.937. The highest BCUT2D eigenvalue weighted by Gasteiger charge is 2.20. The van der Waals surface area contributed by atoms with E-state index >= 15 is 0 Å². The molecule has 0 aliphatic carbocycles. The summed E-state index contributed by atoms with van der Waals surface area (Å²) in [5.41, 5.74) is 0. The Balaban J connectivity index is 1.84. The van der Waals surface area contributed by atoms with E-state index < -0.39 is 0 Å². The molecule has 1 saturated heterocycles. The molecule has 21 heavy (non-hydrogen) atoms. The topological polar surface area (TPSA) is 37.4 Å². The molecule has 0 bridgehead atoms. The zero-order valence-electron chi connectivity index (χ0n) is 12.8. The average molecular weight is 285 g/mol. The number of methoxy groups -OCH3 is 1. The molecule has 3 rings (SSSR count). The van der Waals surface area contributed by atoms with Crippen LogP contribution in [0.15, 0.2) is 30.5 Å². The van der Waals surface area contributed by atoms with Gasteiger partial charge in [-0.3, -0.25) is 0 Å². The van der Waals surface area contributed by atoms with Gasteiger partial charge in [-0.1, -0.05) is 0 Å². The number of anilines is 1. The zero-order valence-corrected chi connectivity index (χ0v) is 12.8. The summed E-state index contributed by atoms with van der Waals surface area (Å²) in [4.78, 5) is 7.04. The fraction of sp³-hybridized carbons (Fsp3) is 0.471. The van der Waals surface area contributed by atoms with Crippen molar-refractivity contribution in [1.29, 1.82) is 0 Å². The summed E-state index contributed by atoms with van der Waals surface area (Å²) in [5.74, 6) is 2.80. The van der Waals surface area contributed by atoms with Crippen LogP contribution in [0.5, 0.6) is 5.75 Å². The minimum atomic E-state index is 0.793. The van der Waals surface area contributed by atoms with Gasteiger partial charge in [-0.25, -0.2) is 4.98 Å². The van der Waals surface area contributed by atoms with Crippen LogP contribution in [0, 0.1) is 5.92 Å². The summed E-state index contributed by atoms with van der Waals surface area (Å²) in [6.07, 6.45) is 4.36. The first-order chi connectivity index (χ1) is 10.3. The standard InChI is InChI=1S/C17H23N3O/c1-18-12-13-6-9-20(10-7-13)17-16-4-3-15(21-2)11-14(16)5-8-19-17/h3-5,8,11,13,18H,6-7,9-10,12H2,1-2H3. The Labute approximate surface area is 126 Å². The van der Waals surface area contributed by atoms with Gasteiger partial charge in [0.05, 0.1) is 7.11 Å². The van der Waals surface area contributed by atoms with Crippen LogP contribution in [0.1, 0.15) is 12.8 Å². The molecule has 1 N–H and O–H groups in total. The zero-order chi connectivity index (χ0) is 14.7. The van der Waals surface area contributed by atoms with Gasteiger partial charge in [0, 0.05) is 24.7 Å². The largest absolute Gasteiger partial charge is 0.497 e. The normalized spacial score (nSPS) is 16.4. The second kappa shape index (κ2) is 6.31. The molecule has 2 heterocycles. The molecule has 0 spiro atoms. The van der Waals surface area contributed by atoms with Crippen LogP contribution in [0.4, 0.5) is 5.82 Å². The van der Waals surface area contributed by atoms with Gasteiger partial charge >= 0.3 is 0 Å². The maximum Gasteiger partial charge on any atom is 0.136 e. The lowest BCUT2D eigenvalue weighted by molar-refractivity contribution is 0.393. The van der Waals surface area contributed by atoms with Gasteiger partial charge in [-0.05, 0) is 62.0 Å². The van der Waals surface area contributed by atoms with Gasteiger partial charge in [0.15, 0.2) is 0 Å². The second-order valence-electron chi connectivity index (χ2n) is 5.71. The van der Waals surface area contributed by atoms with Crippen molar-refractivity contribution in [2.24, 2.45) is 5.92 Å². The van der Waals surface area contributed by atoms with E-state index in [1.54, 1.807) is 7.11 Å². The highest BCUT2D eigenvalue weighted by atomic mass is 16.5. The van der Waals surface area contributed by atoms with Crippen LogP contribution >= 0.6 is 0 Å². The van der Waals surface area contributed by atoms with Crippen LogP contribution < -0.4 is 15.0 Å². The highest BCUT2D eigenvalue weighted by molar-refractivity contribution is 5.93. The summed E-state index contributed by atoms with van der Waals surface area (Å²) in [5, 5.41) is 5.69. The first kappa shape index (κ1) is 14.1. The summed E-state index contributed by atoms with van der Waals surface area (Å²) >= 11 is 0. The number of aromatic nitrogens is 1. The molecule has 0 radical (unpaired) electrons. The molecule has 4 heteroatoms. The lowest BCUT2D eigenvalue weighted by Gasteiger charge is -2.33. The maximum atomic E-state index is 5.31. The number of fused-ring (bicyclic) bond motifs is 1. The molecule has 0 atom stereocenters. The number of benzene rings is 1. The van der Waals surface area contributed by atoms with Crippen molar-refractivity contribution in [1.82, 2.24) is 10.3 Å². The number of nitrogens with zero attached hydrogens (tertiary/aromatic N) is 2. The van der Waals surface area contributed by atoms with E-state index in [0.29, 0.717) is 0 Å². The monoisotopic (exact) mass is 285 g/mol. The number of ether oxygens (including phenoxy) is 1. The van der Waals surface area contributed by atoms with Crippen LogP contribution in [0.2, 0.25) is 0 Å². The predicted molar refractivity (Wildman–Crippen MR) is 87.2 cm³/mol. The second-order valence-corrected chi connectivity index (χ2v) is 5.71. The smallest absolute Gasteiger partial charge is 0.136 e.